The summed E-state index contributed by atoms with van der Waals surface area (Å²) < 4.78 is 0. The Morgan fingerprint density at radius 1 is 1.40 bits per heavy atom. The summed E-state index contributed by atoms with van der Waals surface area (Å²) >= 11 is 1.70. The van der Waals surface area contributed by atoms with Gasteiger partial charge in [0.1, 0.15) is 0 Å². The van der Waals surface area contributed by atoms with Crippen LogP contribution in [0.5, 0.6) is 0 Å². The maximum atomic E-state index is 12.4. The second kappa shape index (κ2) is 8.55. The summed E-state index contributed by atoms with van der Waals surface area (Å²) in [6.45, 7) is 2.77. The fraction of sp³-hybridized carbons (Fsp3) is 0.533. The summed E-state index contributed by atoms with van der Waals surface area (Å²) in [4.78, 5) is 15.6. The highest BCUT2D eigenvalue weighted by Crippen LogP contribution is 2.20. The van der Waals surface area contributed by atoms with Gasteiger partial charge in [-0.25, -0.2) is 0 Å². The summed E-state index contributed by atoms with van der Waals surface area (Å²) in [5, 5.41) is 3.21. The molecule has 2 rings (SSSR count). The number of nitrogens with one attached hydrogen (secondary N) is 1. The van der Waals surface area contributed by atoms with Crippen LogP contribution in [0.15, 0.2) is 29.2 Å². The standard InChI is InChI=1S/C15H22N2OS.ClH/c1-16-10-12-4-3-9-17(11-12)15(18)13-5-7-14(19-2)8-6-13;/h5-8,12,16H,3-4,9-11H2,1-2H3;1H. The molecule has 0 radical (unpaired) electrons. The van der Waals surface area contributed by atoms with Gasteiger partial charge >= 0.3 is 0 Å². The normalized spacial score (nSPS) is 18.5. The van der Waals surface area contributed by atoms with Gasteiger partial charge in [0.25, 0.3) is 5.91 Å². The average Bonchev–Trinajstić information content (AvgIpc) is 2.47. The number of carbonyl (C=O) groups excluding carboxylic acids is 1. The number of amides is 1. The Kier molecular flexibility index (Phi) is 7.41. The molecule has 1 heterocycles. The van der Waals surface area contributed by atoms with E-state index in [0.29, 0.717) is 5.92 Å². The van der Waals surface area contributed by atoms with E-state index in [4.69, 9.17) is 0 Å². The number of hydrogen-bond acceptors (Lipinski definition) is 3. The van der Waals surface area contributed by atoms with Crippen LogP contribution in [0.25, 0.3) is 0 Å². The van der Waals surface area contributed by atoms with Crippen molar-refractivity contribution in [2.75, 3.05) is 32.9 Å². The quantitative estimate of drug-likeness (QED) is 0.867. The first kappa shape index (κ1) is 17.3. The van der Waals surface area contributed by atoms with Crippen LogP contribution in [0, 0.1) is 5.92 Å². The molecule has 1 atom stereocenters. The number of rotatable bonds is 4. The van der Waals surface area contributed by atoms with Gasteiger partial charge < -0.3 is 10.2 Å². The number of hydrogen-bond donors (Lipinski definition) is 1. The Balaban J connectivity index is 0.00000200. The predicted molar refractivity (Wildman–Crippen MR) is 88.0 cm³/mol. The van der Waals surface area contributed by atoms with Gasteiger partial charge in [-0.2, -0.15) is 0 Å². The monoisotopic (exact) mass is 314 g/mol. The Morgan fingerprint density at radius 3 is 2.70 bits per heavy atom. The number of carbonyl (C=O) groups is 1. The van der Waals surface area contributed by atoms with Crippen molar-refractivity contribution in [1.29, 1.82) is 0 Å². The van der Waals surface area contributed by atoms with Crippen LogP contribution in [0.2, 0.25) is 0 Å². The van der Waals surface area contributed by atoms with Gasteiger partial charge in [-0.1, -0.05) is 0 Å². The number of likely N-dealkylation sites (tertiary alicyclic amines) is 1. The van der Waals surface area contributed by atoms with Crippen LogP contribution >= 0.6 is 24.2 Å². The molecule has 5 heteroatoms. The second-order valence-electron chi connectivity index (χ2n) is 5.05. The van der Waals surface area contributed by atoms with Gasteiger partial charge in [0.2, 0.25) is 0 Å². The number of thioether (sulfide) groups is 1. The molecule has 1 saturated heterocycles. The highest BCUT2D eigenvalue weighted by atomic mass is 35.5. The van der Waals surface area contributed by atoms with E-state index in [2.05, 4.69) is 5.32 Å². The van der Waals surface area contributed by atoms with Crippen molar-refractivity contribution in [2.45, 2.75) is 17.7 Å². The van der Waals surface area contributed by atoms with E-state index in [-0.39, 0.29) is 18.3 Å². The van der Waals surface area contributed by atoms with Crippen LogP contribution in [0.3, 0.4) is 0 Å². The minimum Gasteiger partial charge on any atom is -0.338 e. The van der Waals surface area contributed by atoms with Crippen molar-refractivity contribution in [1.82, 2.24) is 10.2 Å². The van der Waals surface area contributed by atoms with E-state index in [0.717, 1.165) is 31.6 Å². The lowest BCUT2D eigenvalue weighted by molar-refractivity contribution is 0.0674. The fourth-order valence-electron chi connectivity index (χ4n) is 2.62. The van der Waals surface area contributed by atoms with Crippen molar-refractivity contribution in [3.8, 4) is 0 Å². The van der Waals surface area contributed by atoms with Crippen LogP contribution in [-0.4, -0.2) is 43.7 Å². The van der Waals surface area contributed by atoms with E-state index < -0.39 is 0 Å². The van der Waals surface area contributed by atoms with Crippen LogP contribution in [0.1, 0.15) is 23.2 Å². The van der Waals surface area contributed by atoms with Gasteiger partial charge in [-0.15, -0.1) is 24.2 Å². The molecule has 3 nitrogen and oxygen atoms in total. The van der Waals surface area contributed by atoms with Crippen LogP contribution in [-0.2, 0) is 0 Å². The van der Waals surface area contributed by atoms with Crippen molar-refractivity contribution >= 4 is 30.1 Å². The highest BCUT2D eigenvalue weighted by molar-refractivity contribution is 7.98. The van der Waals surface area contributed by atoms with Crippen LogP contribution < -0.4 is 5.32 Å². The van der Waals surface area contributed by atoms with Gasteiger partial charge in [-0.05, 0) is 62.9 Å². The molecule has 1 aromatic rings. The Labute approximate surface area is 131 Å². The van der Waals surface area contributed by atoms with E-state index in [1.54, 1.807) is 11.8 Å². The molecule has 1 aliphatic rings. The molecule has 0 saturated carbocycles. The Hall–Kier alpha value is -0.710. The van der Waals surface area contributed by atoms with Gasteiger partial charge in [0.05, 0.1) is 0 Å². The lowest BCUT2D eigenvalue weighted by Crippen LogP contribution is -2.42. The van der Waals surface area contributed by atoms with Crippen molar-refractivity contribution in [2.24, 2.45) is 5.92 Å². The molecule has 0 aromatic heterocycles. The summed E-state index contributed by atoms with van der Waals surface area (Å²) in [6.07, 6.45) is 4.38. The van der Waals surface area contributed by atoms with Crippen molar-refractivity contribution < 1.29 is 4.79 Å². The molecule has 1 aromatic carbocycles. The summed E-state index contributed by atoms with van der Waals surface area (Å²) in [5.41, 5.74) is 0.808. The minimum absolute atomic E-state index is 0. The molecule has 1 amide bonds. The topological polar surface area (TPSA) is 32.3 Å². The maximum absolute atomic E-state index is 12.4. The molecule has 1 N–H and O–H groups in total. The molecule has 112 valence electrons. The molecular weight excluding hydrogens is 292 g/mol. The van der Waals surface area contributed by atoms with E-state index in [1.165, 1.54) is 11.3 Å². The second-order valence-corrected chi connectivity index (χ2v) is 5.93. The van der Waals surface area contributed by atoms with Gasteiger partial charge in [-0.3, -0.25) is 4.79 Å². The number of halogens is 1. The Bertz CT molecular complexity index is 422. The van der Waals surface area contributed by atoms with Crippen molar-refractivity contribution in [3.05, 3.63) is 29.8 Å². The van der Waals surface area contributed by atoms with E-state index in [9.17, 15) is 4.79 Å². The summed E-state index contributed by atoms with van der Waals surface area (Å²) in [7, 11) is 1.97. The summed E-state index contributed by atoms with van der Waals surface area (Å²) in [5.74, 6) is 0.765. The first-order valence-electron chi connectivity index (χ1n) is 6.82. The number of nitrogens with zero attached hydrogens (tertiary/aromatic N) is 1. The van der Waals surface area contributed by atoms with Crippen LogP contribution in [0.4, 0.5) is 0 Å². The lowest BCUT2D eigenvalue weighted by atomic mass is 9.97. The smallest absolute Gasteiger partial charge is 0.253 e. The fourth-order valence-corrected chi connectivity index (χ4v) is 3.03. The first-order valence-corrected chi connectivity index (χ1v) is 8.05. The zero-order valence-corrected chi connectivity index (χ0v) is 13.7. The zero-order valence-electron chi connectivity index (χ0n) is 12.1. The predicted octanol–water partition coefficient (Wildman–Crippen LogP) is 2.90. The minimum atomic E-state index is 0. The molecule has 0 aliphatic carbocycles. The molecule has 1 unspecified atom stereocenters. The molecule has 20 heavy (non-hydrogen) atoms. The number of benzene rings is 1. The first-order chi connectivity index (χ1) is 9.24. The molecule has 0 bridgehead atoms. The highest BCUT2D eigenvalue weighted by Gasteiger charge is 2.23. The maximum Gasteiger partial charge on any atom is 0.253 e. The molecule has 1 fully saturated rings. The third-order valence-corrected chi connectivity index (χ3v) is 4.38. The van der Waals surface area contributed by atoms with E-state index >= 15 is 0 Å². The van der Waals surface area contributed by atoms with Crippen molar-refractivity contribution in [3.63, 3.8) is 0 Å². The Morgan fingerprint density at radius 2 is 2.10 bits per heavy atom. The lowest BCUT2D eigenvalue weighted by Gasteiger charge is -2.32. The third-order valence-electron chi connectivity index (χ3n) is 3.64. The average molecular weight is 315 g/mol. The number of piperidine rings is 1. The van der Waals surface area contributed by atoms with E-state index in [1.807, 2.05) is 42.5 Å². The largest absolute Gasteiger partial charge is 0.338 e. The molecular formula is C15H23ClN2OS. The van der Waals surface area contributed by atoms with Gasteiger partial charge in [0.15, 0.2) is 0 Å². The van der Waals surface area contributed by atoms with Gasteiger partial charge in [0, 0.05) is 23.5 Å². The zero-order chi connectivity index (χ0) is 13.7. The third kappa shape index (κ3) is 4.40. The molecule has 0 spiro atoms. The SMILES string of the molecule is CNCC1CCCN(C(=O)c2ccc(SC)cc2)C1.Cl. The molecule has 1 aliphatic heterocycles. The summed E-state index contributed by atoms with van der Waals surface area (Å²) in [6, 6.07) is 7.92.